The Morgan fingerprint density at radius 1 is 1.25 bits per heavy atom. The van der Waals surface area contributed by atoms with Crippen LogP contribution in [0.2, 0.25) is 0 Å². The second kappa shape index (κ2) is 6.97. The maximum Gasteiger partial charge on any atom is 0.275 e. The van der Waals surface area contributed by atoms with Gasteiger partial charge < -0.3 is 10.2 Å². The predicted molar refractivity (Wildman–Crippen MR) is 91.8 cm³/mol. The van der Waals surface area contributed by atoms with Gasteiger partial charge in [0.15, 0.2) is 9.34 Å². The number of anilines is 2. The lowest BCUT2D eigenvalue weighted by Crippen LogP contribution is -2.30. The van der Waals surface area contributed by atoms with Crippen molar-refractivity contribution in [3.63, 3.8) is 0 Å². The normalized spacial score (nSPS) is 11.0. The fraction of sp³-hybridized carbons (Fsp3) is 0.214. The zero-order chi connectivity index (χ0) is 17.9. The Morgan fingerprint density at radius 3 is 2.58 bits per heavy atom. The number of rotatable bonds is 5. The maximum absolute atomic E-state index is 12.2. The van der Waals surface area contributed by atoms with E-state index in [4.69, 9.17) is 0 Å². The molecule has 2 N–H and O–H groups in total. The molecule has 0 fully saturated rings. The molecule has 0 radical (unpaired) electrons. The molecule has 0 saturated heterocycles. The van der Waals surface area contributed by atoms with Gasteiger partial charge in [-0.3, -0.25) is 9.59 Å². The molecule has 2 amide bonds. The van der Waals surface area contributed by atoms with Crippen LogP contribution >= 0.6 is 11.3 Å². The highest BCUT2D eigenvalue weighted by Gasteiger charge is 2.22. The van der Waals surface area contributed by atoms with Gasteiger partial charge in [-0.25, -0.2) is 18.1 Å². The average molecular weight is 368 g/mol. The molecule has 0 aliphatic heterocycles. The van der Waals surface area contributed by atoms with E-state index < -0.39 is 15.9 Å². The molecule has 8 nitrogen and oxygen atoms in total. The number of aromatic nitrogens is 1. The topological polar surface area (TPSA) is 108 Å². The van der Waals surface area contributed by atoms with E-state index in [0.29, 0.717) is 0 Å². The van der Waals surface area contributed by atoms with Gasteiger partial charge in [0.2, 0.25) is 5.91 Å². The molecule has 0 aliphatic carbocycles. The summed E-state index contributed by atoms with van der Waals surface area (Å²) in [6.07, 6.45) is 1.09. The molecule has 2 rings (SSSR count). The smallest absolute Gasteiger partial charge is 0.275 e. The van der Waals surface area contributed by atoms with Crippen LogP contribution in [0.4, 0.5) is 10.8 Å². The first-order valence-electron chi connectivity index (χ1n) is 6.77. The number of sulfonamides is 1. The highest BCUT2D eigenvalue weighted by atomic mass is 32.2. The van der Waals surface area contributed by atoms with Gasteiger partial charge in [-0.1, -0.05) is 17.4 Å². The molecular formula is C14H16N4O4S2. The van der Waals surface area contributed by atoms with Gasteiger partial charge in [0.25, 0.3) is 15.9 Å². The first-order valence-corrected chi connectivity index (χ1v) is 9.07. The number of nitrogens with one attached hydrogen (secondary N) is 2. The zero-order valence-electron chi connectivity index (χ0n) is 13.2. The van der Waals surface area contributed by atoms with Crippen molar-refractivity contribution >= 4 is 44.0 Å². The minimum atomic E-state index is -4.06. The number of carbonyl (C=O) groups is 2. The summed E-state index contributed by atoms with van der Waals surface area (Å²) in [6, 6.07) is 6.57. The van der Waals surface area contributed by atoms with Crippen molar-refractivity contribution < 1.29 is 18.0 Å². The van der Waals surface area contributed by atoms with Crippen molar-refractivity contribution in [3.05, 3.63) is 36.0 Å². The van der Waals surface area contributed by atoms with E-state index >= 15 is 0 Å². The minimum Gasteiger partial charge on any atom is -0.378 e. The van der Waals surface area contributed by atoms with Crippen LogP contribution in [0.5, 0.6) is 0 Å². The number of nitrogens with zero attached hydrogens (tertiary/aromatic N) is 2. The van der Waals surface area contributed by atoms with E-state index in [1.807, 2.05) is 18.8 Å². The van der Waals surface area contributed by atoms with Gasteiger partial charge in [0.1, 0.15) is 0 Å². The van der Waals surface area contributed by atoms with E-state index in [0.717, 1.165) is 23.2 Å². The largest absolute Gasteiger partial charge is 0.378 e. The van der Waals surface area contributed by atoms with Gasteiger partial charge in [0, 0.05) is 32.3 Å². The molecule has 0 atom stereocenters. The average Bonchev–Trinajstić information content (AvgIpc) is 2.95. The SMILES string of the molecule is CC(=O)Nc1ncc(S(=O)(=O)NC(=O)c2cccc(N(C)C)c2)s1. The molecule has 1 heterocycles. The van der Waals surface area contributed by atoms with Crippen molar-refractivity contribution in [1.29, 1.82) is 0 Å². The molecule has 0 saturated carbocycles. The summed E-state index contributed by atoms with van der Waals surface area (Å²) in [4.78, 5) is 28.7. The zero-order valence-corrected chi connectivity index (χ0v) is 14.9. The second-order valence-electron chi connectivity index (χ2n) is 5.05. The van der Waals surface area contributed by atoms with E-state index in [1.54, 1.807) is 23.1 Å². The van der Waals surface area contributed by atoms with E-state index in [2.05, 4.69) is 10.3 Å². The highest BCUT2D eigenvalue weighted by molar-refractivity contribution is 7.92. The fourth-order valence-corrected chi connectivity index (χ4v) is 3.80. The van der Waals surface area contributed by atoms with Crippen molar-refractivity contribution in [3.8, 4) is 0 Å². The van der Waals surface area contributed by atoms with Gasteiger partial charge in [-0.05, 0) is 18.2 Å². The third-order valence-corrected chi connectivity index (χ3v) is 5.59. The van der Waals surface area contributed by atoms with Crippen LogP contribution in [0.3, 0.4) is 0 Å². The summed E-state index contributed by atoms with van der Waals surface area (Å²) in [7, 11) is -0.436. The summed E-state index contributed by atoms with van der Waals surface area (Å²) in [6.45, 7) is 1.29. The Kier molecular flexibility index (Phi) is 5.20. The number of amides is 2. The number of hydrogen-bond donors (Lipinski definition) is 2. The minimum absolute atomic E-state index is 0.143. The highest BCUT2D eigenvalue weighted by Crippen LogP contribution is 2.23. The molecule has 1 aromatic carbocycles. The lowest BCUT2D eigenvalue weighted by Gasteiger charge is -2.13. The van der Waals surface area contributed by atoms with E-state index in [1.165, 1.54) is 13.0 Å². The van der Waals surface area contributed by atoms with Crippen LogP contribution in [0.15, 0.2) is 34.7 Å². The van der Waals surface area contributed by atoms with Crippen molar-refractivity contribution in [2.24, 2.45) is 0 Å². The van der Waals surface area contributed by atoms with Crippen LogP contribution in [0.25, 0.3) is 0 Å². The summed E-state index contributed by atoms with van der Waals surface area (Å²) in [5.41, 5.74) is 0.988. The molecular weight excluding hydrogens is 352 g/mol. The first-order chi connectivity index (χ1) is 11.2. The van der Waals surface area contributed by atoms with Crippen molar-refractivity contribution in [1.82, 2.24) is 9.71 Å². The molecule has 10 heteroatoms. The molecule has 0 spiro atoms. The summed E-state index contributed by atoms with van der Waals surface area (Å²) >= 11 is 0.759. The third kappa shape index (κ3) is 4.30. The Morgan fingerprint density at radius 2 is 1.96 bits per heavy atom. The molecule has 0 bridgehead atoms. The van der Waals surface area contributed by atoms with Gasteiger partial charge in [-0.2, -0.15) is 0 Å². The lowest BCUT2D eigenvalue weighted by atomic mass is 10.2. The fourth-order valence-electron chi connectivity index (χ4n) is 1.75. The van der Waals surface area contributed by atoms with Crippen LogP contribution in [-0.4, -0.2) is 39.3 Å². The number of thiazole rings is 1. The quantitative estimate of drug-likeness (QED) is 0.823. The number of benzene rings is 1. The second-order valence-corrected chi connectivity index (χ2v) is 7.98. The Labute approximate surface area is 143 Å². The Hall–Kier alpha value is -2.46. The van der Waals surface area contributed by atoms with Crippen LogP contribution in [0.1, 0.15) is 17.3 Å². The number of hydrogen-bond acceptors (Lipinski definition) is 7. The summed E-state index contributed by atoms with van der Waals surface area (Å²) in [5.74, 6) is -1.11. The van der Waals surface area contributed by atoms with Gasteiger partial charge in [-0.15, -0.1) is 0 Å². The van der Waals surface area contributed by atoms with Crippen LogP contribution in [-0.2, 0) is 14.8 Å². The summed E-state index contributed by atoms with van der Waals surface area (Å²) in [5, 5.41) is 2.53. The Balaban J connectivity index is 2.19. The predicted octanol–water partition coefficient (Wildman–Crippen LogP) is 1.29. The van der Waals surface area contributed by atoms with Crippen LogP contribution in [0, 0.1) is 0 Å². The molecule has 24 heavy (non-hydrogen) atoms. The molecule has 1 aromatic heterocycles. The van der Waals surface area contributed by atoms with Crippen molar-refractivity contribution in [2.45, 2.75) is 11.1 Å². The first kappa shape index (κ1) is 17.9. The van der Waals surface area contributed by atoms with E-state index in [9.17, 15) is 18.0 Å². The molecule has 0 unspecified atom stereocenters. The third-order valence-electron chi connectivity index (χ3n) is 2.88. The van der Waals surface area contributed by atoms with E-state index in [-0.39, 0.29) is 20.8 Å². The standard InChI is InChI=1S/C14H16N4O4S2/c1-9(19)16-14-15-8-12(23-14)24(21,22)17-13(20)10-5-4-6-11(7-10)18(2)3/h4-8H,1-3H3,(H,17,20)(H,15,16,19). The summed E-state index contributed by atoms with van der Waals surface area (Å²) < 4.78 is 26.3. The molecule has 128 valence electrons. The van der Waals surface area contributed by atoms with Gasteiger partial charge >= 0.3 is 0 Å². The Bertz CT molecular complexity index is 874. The molecule has 0 aliphatic rings. The molecule has 2 aromatic rings. The van der Waals surface area contributed by atoms with Crippen molar-refractivity contribution in [2.75, 3.05) is 24.3 Å². The van der Waals surface area contributed by atoms with Gasteiger partial charge in [0.05, 0.1) is 6.20 Å². The maximum atomic E-state index is 12.2. The monoisotopic (exact) mass is 368 g/mol. The van der Waals surface area contributed by atoms with Crippen LogP contribution < -0.4 is 14.9 Å². The lowest BCUT2D eigenvalue weighted by molar-refractivity contribution is -0.114. The number of carbonyl (C=O) groups excluding carboxylic acids is 2.